The van der Waals surface area contributed by atoms with E-state index in [2.05, 4.69) is 79.9 Å². The van der Waals surface area contributed by atoms with Gasteiger partial charge in [0.05, 0.1) is 0 Å². The zero-order valence-electron chi connectivity index (χ0n) is 14.9. The first-order chi connectivity index (χ1) is 11.2. The quantitative estimate of drug-likeness (QED) is 0.740. The van der Waals surface area contributed by atoms with Crippen LogP contribution in [-0.2, 0) is 0 Å². The van der Waals surface area contributed by atoms with Gasteiger partial charge in [-0.15, -0.1) is 0 Å². The first-order valence-corrected chi connectivity index (χ1v) is 9.08. The van der Waals surface area contributed by atoms with Gasteiger partial charge < -0.3 is 5.32 Å². The number of allylic oxidation sites excluding steroid dienone is 4. The fourth-order valence-electron chi connectivity index (χ4n) is 2.12. The number of pyridine rings is 1. The minimum absolute atomic E-state index is 0.889. The second-order valence-electron chi connectivity index (χ2n) is 5.00. The molecule has 0 aliphatic carbocycles. The van der Waals surface area contributed by atoms with Crippen LogP contribution in [0.3, 0.4) is 0 Å². The Morgan fingerprint density at radius 1 is 1.17 bits per heavy atom. The molecule has 23 heavy (non-hydrogen) atoms. The molecule has 1 aromatic heterocycles. The molecule has 0 saturated carbocycles. The van der Waals surface area contributed by atoms with E-state index in [1.54, 1.807) is 11.8 Å². The third-order valence-corrected chi connectivity index (χ3v) is 4.40. The van der Waals surface area contributed by atoms with Crippen molar-refractivity contribution in [2.24, 2.45) is 0 Å². The van der Waals surface area contributed by atoms with E-state index in [0.717, 1.165) is 18.7 Å². The Morgan fingerprint density at radius 2 is 1.96 bits per heavy atom. The van der Waals surface area contributed by atoms with Crippen molar-refractivity contribution in [2.45, 2.75) is 40.5 Å². The van der Waals surface area contributed by atoms with Gasteiger partial charge in [-0.3, -0.25) is 0 Å². The van der Waals surface area contributed by atoms with Gasteiger partial charge in [-0.05, 0) is 60.2 Å². The predicted molar refractivity (Wildman–Crippen MR) is 107 cm³/mol. The smallest absolute Gasteiger partial charge is 0.126 e. The summed E-state index contributed by atoms with van der Waals surface area (Å²) in [5.41, 5.74) is 1.23. The van der Waals surface area contributed by atoms with Crippen molar-refractivity contribution in [1.82, 2.24) is 4.98 Å². The van der Waals surface area contributed by atoms with E-state index in [-0.39, 0.29) is 0 Å². The highest BCUT2D eigenvalue weighted by Gasteiger charge is 2.01. The molecule has 1 rings (SSSR count). The van der Waals surface area contributed by atoms with E-state index in [1.165, 1.54) is 20.9 Å². The van der Waals surface area contributed by atoms with E-state index >= 15 is 0 Å². The van der Waals surface area contributed by atoms with Crippen molar-refractivity contribution >= 4 is 29.7 Å². The maximum Gasteiger partial charge on any atom is 0.126 e. The number of aromatic nitrogens is 1. The van der Waals surface area contributed by atoms with Gasteiger partial charge in [0, 0.05) is 18.1 Å². The first-order valence-electron chi connectivity index (χ1n) is 8.20. The van der Waals surface area contributed by atoms with Gasteiger partial charge in [-0.1, -0.05) is 49.9 Å². The van der Waals surface area contributed by atoms with Crippen molar-refractivity contribution in [3.8, 4) is 0 Å². The van der Waals surface area contributed by atoms with Crippen molar-refractivity contribution in [3.63, 3.8) is 0 Å². The Bertz CT molecular complexity index is 697. The van der Waals surface area contributed by atoms with E-state index in [1.807, 2.05) is 13.2 Å². The lowest BCUT2D eigenvalue weighted by atomic mass is 10.1. The number of hydrogen-bond donors (Lipinski definition) is 1. The Kier molecular flexibility index (Phi) is 9.15. The van der Waals surface area contributed by atoms with Gasteiger partial charge in [0.1, 0.15) is 5.82 Å². The molecule has 0 fully saturated rings. The molecule has 0 radical (unpaired) electrons. The number of nitrogens with zero attached hydrogens (tertiary/aromatic N) is 1. The molecule has 1 heterocycles. The van der Waals surface area contributed by atoms with Crippen LogP contribution in [0, 0.1) is 0 Å². The molecule has 0 aromatic carbocycles. The Balaban J connectivity index is 3.35. The Hall–Kier alpha value is -1.74. The third-order valence-electron chi connectivity index (χ3n) is 3.34. The van der Waals surface area contributed by atoms with Crippen molar-refractivity contribution in [3.05, 3.63) is 56.8 Å². The molecule has 0 saturated heterocycles. The molecule has 0 aliphatic heterocycles. The molecule has 1 aromatic rings. The summed E-state index contributed by atoms with van der Waals surface area (Å²) in [5, 5.41) is 7.65. The molecular formula is C20H28N2S. The lowest BCUT2D eigenvalue weighted by Gasteiger charge is -2.06. The fourth-order valence-corrected chi connectivity index (χ4v) is 3.00. The van der Waals surface area contributed by atoms with Gasteiger partial charge in [0.15, 0.2) is 0 Å². The van der Waals surface area contributed by atoms with Gasteiger partial charge in [0.2, 0.25) is 0 Å². The summed E-state index contributed by atoms with van der Waals surface area (Å²) in [6.45, 7) is 8.47. The molecule has 3 heteroatoms. The minimum Gasteiger partial charge on any atom is -0.373 e. The van der Waals surface area contributed by atoms with Crippen LogP contribution in [0.25, 0.3) is 12.2 Å². The Labute approximate surface area is 144 Å². The van der Waals surface area contributed by atoms with Crippen LogP contribution in [0.1, 0.15) is 40.5 Å². The van der Waals surface area contributed by atoms with Gasteiger partial charge in [-0.25, -0.2) is 4.98 Å². The van der Waals surface area contributed by atoms with Crippen LogP contribution in [0.5, 0.6) is 0 Å². The van der Waals surface area contributed by atoms with Crippen molar-refractivity contribution < 1.29 is 0 Å². The zero-order valence-corrected chi connectivity index (χ0v) is 15.7. The molecule has 0 spiro atoms. The monoisotopic (exact) mass is 328 g/mol. The van der Waals surface area contributed by atoms with E-state index < -0.39 is 0 Å². The summed E-state index contributed by atoms with van der Waals surface area (Å²) >= 11 is 1.77. The summed E-state index contributed by atoms with van der Waals surface area (Å²) in [5.74, 6) is 0.889. The average molecular weight is 329 g/mol. The fraction of sp³-hybridized carbons (Fsp3) is 0.350. The van der Waals surface area contributed by atoms with E-state index in [9.17, 15) is 0 Å². The maximum atomic E-state index is 4.42. The molecule has 0 unspecified atom stereocenters. The minimum atomic E-state index is 0.889. The largest absolute Gasteiger partial charge is 0.373 e. The number of hydrogen-bond acceptors (Lipinski definition) is 3. The molecule has 1 N–H and O–H groups in total. The highest BCUT2D eigenvalue weighted by Crippen LogP contribution is 2.26. The molecule has 124 valence electrons. The van der Waals surface area contributed by atoms with Gasteiger partial charge in [0.25, 0.3) is 0 Å². The second kappa shape index (κ2) is 10.9. The summed E-state index contributed by atoms with van der Waals surface area (Å²) in [6, 6.07) is 2.10. The van der Waals surface area contributed by atoms with Crippen LogP contribution in [0.4, 0.5) is 5.82 Å². The van der Waals surface area contributed by atoms with Gasteiger partial charge in [-0.2, -0.15) is 0 Å². The summed E-state index contributed by atoms with van der Waals surface area (Å²) in [6.07, 6.45) is 15.0. The summed E-state index contributed by atoms with van der Waals surface area (Å²) < 4.78 is 0. The highest BCUT2D eigenvalue weighted by atomic mass is 32.2. The number of thioether (sulfide) groups is 1. The molecule has 0 aliphatic rings. The molecular weight excluding hydrogens is 300 g/mol. The number of anilines is 1. The van der Waals surface area contributed by atoms with Crippen molar-refractivity contribution in [2.75, 3.05) is 12.4 Å². The summed E-state index contributed by atoms with van der Waals surface area (Å²) in [4.78, 5) is 5.69. The van der Waals surface area contributed by atoms with Gasteiger partial charge >= 0.3 is 0 Å². The van der Waals surface area contributed by atoms with Crippen LogP contribution < -0.4 is 15.8 Å². The molecule has 2 nitrogen and oxygen atoms in total. The SMILES string of the molecule is C/C=C(S/C=C/CC)/C(/C=c1/cc(NC)nc/c1=C\CC)=C/C. The average Bonchev–Trinajstić information content (AvgIpc) is 2.58. The van der Waals surface area contributed by atoms with E-state index in [4.69, 9.17) is 0 Å². The predicted octanol–water partition coefficient (Wildman–Crippen LogP) is 4.60. The molecule has 0 atom stereocenters. The summed E-state index contributed by atoms with van der Waals surface area (Å²) in [7, 11) is 1.90. The molecule has 0 amide bonds. The molecule has 0 bridgehead atoms. The third kappa shape index (κ3) is 6.11. The number of nitrogens with one attached hydrogen (secondary N) is 1. The van der Waals surface area contributed by atoms with Crippen LogP contribution in [-0.4, -0.2) is 12.0 Å². The topological polar surface area (TPSA) is 24.9 Å². The first kappa shape index (κ1) is 19.3. The van der Waals surface area contributed by atoms with E-state index in [0.29, 0.717) is 0 Å². The normalized spacial score (nSPS) is 14.8. The van der Waals surface area contributed by atoms with Crippen LogP contribution >= 0.6 is 11.8 Å². The Morgan fingerprint density at radius 3 is 2.52 bits per heavy atom. The van der Waals surface area contributed by atoms with Crippen LogP contribution in [0.15, 0.2) is 46.4 Å². The van der Waals surface area contributed by atoms with Crippen LogP contribution in [0.2, 0.25) is 0 Å². The lowest BCUT2D eigenvalue weighted by molar-refractivity contribution is 1.22. The zero-order chi connectivity index (χ0) is 17.1. The highest BCUT2D eigenvalue weighted by molar-refractivity contribution is 8.06. The maximum absolute atomic E-state index is 4.42. The standard InChI is InChI=1S/C20H28N2S/c1-6-10-12-23-19(9-4)16(8-3)13-18-14-20(21-5)22-15-17(18)11-7-2/h8-15,21H,6-7H2,1-5H3/b12-10+,16-8+,17-11+,18-13-,19-9-. The lowest BCUT2D eigenvalue weighted by Crippen LogP contribution is -2.26. The van der Waals surface area contributed by atoms with Crippen molar-refractivity contribution in [1.29, 1.82) is 0 Å². The second-order valence-corrected chi connectivity index (χ2v) is 5.95. The number of rotatable bonds is 7.